The standard InChI is InChI=1S/C14H15Cl2NO3/c1-7(2)17-11(18)6-8(14(19)20)13(17)12-9(15)4-3-5-10(12)16/h3-5,7-8,13H,6H2,1-2H3,(H,19,20). The lowest BCUT2D eigenvalue weighted by molar-refractivity contribution is -0.142. The number of carboxylic acids is 1. The Balaban J connectivity index is 2.58. The summed E-state index contributed by atoms with van der Waals surface area (Å²) in [6.07, 6.45) is -0.0280. The molecule has 1 N–H and O–H groups in total. The number of rotatable bonds is 3. The molecule has 1 heterocycles. The van der Waals surface area contributed by atoms with Gasteiger partial charge in [-0.2, -0.15) is 0 Å². The van der Waals surface area contributed by atoms with Gasteiger partial charge in [0.15, 0.2) is 0 Å². The average Bonchev–Trinajstić information content (AvgIpc) is 2.67. The molecule has 1 aromatic rings. The van der Waals surface area contributed by atoms with Crippen LogP contribution in [0.5, 0.6) is 0 Å². The van der Waals surface area contributed by atoms with Gasteiger partial charge in [-0.3, -0.25) is 9.59 Å². The molecule has 20 heavy (non-hydrogen) atoms. The number of amides is 1. The second kappa shape index (κ2) is 5.62. The molecular formula is C14H15Cl2NO3. The van der Waals surface area contributed by atoms with E-state index in [0.29, 0.717) is 15.6 Å². The maximum atomic E-state index is 12.1. The summed E-state index contributed by atoms with van der Waals surface area (Å²) in [6, 6.07) is 4.26. The molecule has 4 nitrogen and oxygen atoms in total. The molecule has 0 saturated carbocycles. The van der Waals surface area contributed by atoms with Gasteiger partial charge in [-0.1, -0.05) is 29.3 Å². The lowest BCUT2D eigenvalue weighted by Crippen LogP contribution is -2.36. The van der Waals surface area contributed by atoms with Gasteiger partial charge in [0.1, 0.15) is 0 Å². The maximum Gasteiger partial charge on any atom is 0.309 e. The molecule has 1 aliphatic rings. The molecule has 1 saturated heterocycles. The molecule has 108 valence electrons. The number of benzene rings is 1. The predicted molar refractivity (Wildman–Crippen MR) is 76.9 cm³/mol. The summed E-state index contributed by atoms with van der Waals surface area (Å²) in [6.45, 7) is 3.69. The molecule has 2 unspecified atom stereocenters. The summed E-state index contributed by atoms with van der Waals surface area (Å²) in [7, 11) is 0. The van der Waals surface area contributed by atoms with Crippen molar-refractivity contribution in [3.63, 3.8) is 0 Å². The first-order chi connectivity index (χ1) is 9.34. The molecule has 0 radical (unpaired) electrons. The number of carbonyl (C=O) groups excluding carboxylic acids is 1. The number of carboxylic acid groups (broad SMARTS) is 1. The van der Waals surface area contributed by atoms with Gasteiger partial charge in [0.2, 0.25) is 5.91 Å². The molecule has 1 amide bonds. The van der Waals surface area contributed by atoms with Gasteiger partial charge < -0.3 is 10.0 Å². The van der Waals surface area contributed by atoms with E-state index in [1.165, 1.54) is 0 Å². The summed E-state index contributed by atoms with van der Waals surface area (Å²) >= 11 is 12.4. The van der Waals surface area contributed by atoms with Crippen LogP contribution in [0, 0.1) is 5.92 Å². The molecule has 0 aliphatic carbocycles. The second-order valence-electron chi connectivity index (χ2n) is 5.12. The Morgan fingerprint density at radius 2 is 1.90 bits per heavy atom. The third-order valence-electron chi connectivity index (χ3n) is 3.53. The molecule has 1 aliphatic heterocycles. The quantitative estimate of drug-likeness (QED) is 0.930. The van der Waals surface area contributed by atoms with Gasteiger partial charge in [-0.25, -0.2) is 0 Å². The Kier molecular flexibility index (Phi) is 4.25. The van der Waals surface area contributed by atoms with Crippen LogP contribution >= 0.6 is 23.2 Å². The van der Waals surface area contributed by atoms with Crippen molar-refractivity contribution < 1.29 is 14.7 Å². The lowest BCUT2D eigenvalue weighted by atomic mass is 9.93. The minimum atomic E-state index is -1.01. The lowest BCUT2D eigenvalue weighted by Gasteiger charge is -2.31. The number of likely N-dealkylation sites (tertiary alicyclic amines) is 1. The van der Waals surface area contributed by atoms with E-state index in [2.05, 4.69) is 0 Å². The summed E-state index contributed by atoms with van der Waals surface area (Å²) in [5.74, 6) is -2.03. The van der Waals surface area contributed by atoms with Gasteiger partial charge in [-0.15, -0.1) is 0 Å². The molecule has 0 aromatic heterocycles. The third-order valence-corrected chi connectivity index (χ3v) is 4.19. The van der Waals surface area contributed by atoms with E-state index in [0.717, 1.165) is 0 Å². The van der Waals surface area contributed by atoms with Crippen molar-refractivity contribution >= 4 is 35.1 Å². The monoisotopic (exact) mass is 315 g/mol. The van der Waals surface area contributed by atoms with Crippen molar-refractivity contribution in [2.45, 2.75) is 32.4 Å². The van der Waals surface area contributed by atoms with E-state index in [-0.39, 0.29) is 18.4 Å². The highest BCUT2D eigenvalue weighted by molar-refractivity contribution is 6.36. The van der Waals surface area contributed by atoms with Crippen molar-refractivity contribution in [2.75, 3.05) is 0 Å². The Labute approximate surface area is 127 Å². The number of halogens is 2. The molecule has 0 spiro atoms. The van der Waals surface area contributed by atoms with E-state index in [4.69, 9.17) is 23.2 Å². The number of hydrogen-bond acceptors (Lipinski definition) is 2. The molecule has 1 aromatic carbocycles. The van der Waals surface area contributed by atoms with Crippen molar-refractivity contribution in [3.8, 4) is 0 Å². The number of carbonyl (C=O) groups is 2. The fourth-order valence-corrected chi connectivity index (χ4v) is 3.34. The highest BCUT2D eigenvalue weighted by atomic mass is 35.5. The second-order valence-corrected chi connectivity index (χ2v) is 5.94. The summed E-state index contributed by atoms with van der Waals surface area (Å²) in [5, 5.41) is 10.1. The summed E-state index contributed by atoms with van der Waals surface area (Å²) < 4.78 is 0. The molecule has 0 bridgehead atoms. The first kappa shape index (κ1) is 15.1. The van der Waals surface area contributed by atoms with Gasteiger partial charge in [0, 0.05) is 28.1 Å². The van der Waals surface area contributed by atoms with Gasteiger partial charge in [0.05, 0.1) is 12.0 Å². The predicted octanol–water partition coefficient (Wildman–Crippen LogP) is 3.38. The fourth-order valence-electron chi connectivity index (χ4n) is 2.72. The minimum Gasteiger partial charge on any atom is -0.481 e. The highest BCUT2D eigenvalue weighted by Gasteiger charge is 2.47. The number of hydrogen-bond donors (Lipinski definition) is 1. The van der Waals surface area contributed by atoms with Crippen LogP contribution < -0.4 is 0 Å². The van der Waals surface area contributed by atoms with Crippen LogP contribution in [0.25, 0.3) is 0 Å². The van der Waals surface area contributed by atoms with E-state index < -0.39 is 17.9 Å². The van der Waals surface area contributed by atoms with Gasteiger partial charge in [-0.05, 0) is 26.0 Å². The topological polar surface area (TPSA) is 57.6 Å². The molecular weight excluding hydrogens is 301 g/mol. The van der Waals surface area contributed by atoms with Crippen molar-refractivity contribution in [2.24, 2.45) is 5.92 Å². The fraction of sp³-hybridized carbons (Fsp3) is 0.429. The minimum absolute atomic E-state index is 0.0280. The molecule has 6 heteroatoms. The van der Waals surface area contributed by atoms with Crippen LogP contribution in [0.15, 0.2) is 18.2 Å². The van der Waals surface area contributed by atoms with E-state index in [1.807, 2.05) is 13.8 Å². The first-order valence-corrected chi connectivity index (χ1v) is 7.08. The van der Waals surface area contributed by atoms with Crippen molar-refractivity contribution in [1.29, 1.82) is 0 Å². The third kappa shape index (κ3) is 2.50. The summed E-state index contributed by atoms with van der Waals surface area (Å²) in [4.78, 5) is 25.1. The van der Waals surface area contributed by atoms with Crippen LogP contribution in [0.2, 0.25) is 10.0 Å². The average molecular weight is 316 g/mol. The Morgan fingerprint density at radius 3 is 2.35 bits per heavy atom. The SMILES string of the molecule is CC(C)N1C(=O)CC(C(=O)O)C1c1c(Cl)cccc1Cl. The molecule has 2 atom stereocenters. The normalized spacial score (nSPS) is 22.6. The first-order valence-electron chi connectivity index (χ1n) is 6.32. The zero-order valence-corrected chi connectivity index (χ0v) is 12.6. The zero-order valence-electron chi connectivity index (χ0n) is 11.1. The number of aliphatic carboxylic acids is 1. The number of nitrogens with zero attached hydrogens (tertiary/aromatic N) is 1. The molecule has 2 rings (SSSR count). The molecule has 1 fully saturated rings. The van der Waals surface area contributed by atoms with Crippen molar-refractivity contribution in [1.82, 2.24) is 4.90 Å². The largest absolute Gasteiger partial charge is 0.481 e. The van der Waals surface area contributed by atoms with Crippen LogP contribution in [-0.4, -0.2) is 27.9 Å². The van der Waals surface area contributed by atoms with E-state index in [1.54, 1.807) is 23.1 Å². The van der Waals surface area contributed by atoms with Crippen LogP contribution in [0.3, 0.4) is 0 Å². The van der Waals surface area contributed by atoms with Crippen molar-refractivity contribution in [3.05, 3.63) is 33.8 Å². The Bertz CT molecular complexity index is 539. The smallest absolute Gasteiger partial charge is 0.309 e. The zero-order chi connectivity index (χ0) is 15.0. The van der Waals surface area contributed by atoms with Gasteiger partial charge in [0.25, 0.3) is 0 Å². The Hall–Kier alpha value is -1.26. The van der Waals surface area contributed by atoms with E-state index in [9.17, 15) is 14.7 Å². The maximum absolute atomic E-state index is 12.1. The Morgan fingerprint density at radius 1 is 1.35 bits per heavy atom. The van der Waals surface area contributed by atoms with Crippen LogP contribution in [0.1, 0.15) is 31.9 Å². The van der Waals surface area contributed by atoms with Crippen LogP contribution in [0.4, 0.5) is 0 Å². The van der Waals surface area contributed by atoms with Gasteiger partial charge >= 0.3 is 5.97 Å². The van der Waals surface area contributed by atoms with E-state index >= 15 is 0 Å². The highest BCUT2D eigenvalue weighted by Crippen LogP contribution is 2.44. The summed E-state index contributed by atoms with van der Waals surface area (Å²) in [5.41, 5.74) is 0.516. The van der Waals surface area contributed by atoms with Crippen LogP contribution in [-0.2, 0) is 9.59 Å².